The van der Waals surface area contributed by atoms with Crippen molar-refractivity contribution in [3.05, 3.63) is 50.4 Å². The minimum atomic E-state index is -5.89. The Labute approximate surface area is 259 Å². The third-order valence-electron chi connectivity index (χ3n) is 6.52. The normalized spacial score (nSPS) is 30.6. The number of aromatic amines is 2. The van der Waals surface area contributed by atoms with E-state index < -0.39 is 90.9 Å². The number of fused-ring (bicyclic) bond motifs is 1. The number of aliphatic hydroxyl groups excluding tert-OH is 3. The quantitative estimate of drug-likeness (QED) is 0.0789. The number of phosphoric ester groups is 2. The molecule has 2 saturated heterocycles. The first-order valence-corrected chi connectivity index (χ1v) is 17.6. The molecule has 3 aromatic rings. The van der Waals surface area contributed by atoms with E-state index >= 15 is 0 Å². The SMILES string of the molecule is O=c1ccn([C@@H]2O[C@H](COP(=O)(O)OP(=O)(O)OP(=O)(O)OCC3OC(n4cnc5[nH]cnc(=S)c54)C(O)C3O)C[C@H]2O)c(=O)[nH]1. The monoisotopic (exact) mass is 734 g/mol. The molecule has 10 atom stereocenters. The van der Waals surface area contributed by atoms with E-state index in [0.29, 0.717) is 0 Å². The van der Waals surface area contributed by atoms with Crippen LogP contribution in [0, 0.1) is 4.64 Å². The smallest absolute Gasteiger partial charge is 0.388 e. The van der Waals surface area contributed by atoms with Crippen LogP contribution >= 0.6 is 35.7 Å². The lowest BCUT2D eigenvalue weighted by molar-refractivity contribution is -0.0526. The van der Waals surface area contributed by atoms with Gasteiger partial charge in [0, 0.05) is 18.7 Å². The van der Waals surface area contributed by atoms with E-state index in [1.54, 1.807) is 0 Å². The molecule has 0 aromatic carbocycles. The maximum atomic E-state index is 12.4. The Kier molecular flexibility index (Phi) is 10.1. The number of hydrogen-bond acceptors (Lipinski definition) is 17. The van der Waals surface area contributed by atoms with E-state index in [2.05, 4.69) is 32.6 Å². The Morgan fingerprint density at radius 1 is 0.935 bits per heavy atom. The third kappa shape index (κ3) is 7.85. The van der Waals surface area contributed by atoms with Gasteiger partial charge in [0.15, 0.2) is 22.7 Å². The van der Waals surface area contributed by atoms with Crippen molar-refractivity contribution >= 4 is 46.8 Å². The van der Waals surface area contributed by atoms with E-state index in [1.807, 2.05) is 4.98 Å². The van der Waals surface area contributed by atoms with Crippen molar-refractivity contribution < 1.29 is 70.8 Å². The molecule has 0 spiro atoms. The molecule has 8 N–H and O–H groups in total. The van der Waals surface area contributed by atoms with Crippen LogP contribution in [0.25, 0.3) is 11.2 Å². The highest BCUT2D eigenvalue weighted by Crippen LogP contribution is 2.67. The van der Waals surface area contributed by atoms with Crippen LogP contribution in [-0.2, 0) is 40.8 Å². The average molecular weight is 734 g/mol. The molecule has 0 radical (unpaired) electrons. The van der Waals surface area contributed by atoms with Gasteiger partial charge in [0.2, 0.25) is 0 Å². The fourth-order valence-corrected chi connectivity index (χ4v) is 8.36. The third-order valence-corrected chi connectivity index (χ3v) is 11.1. The minimum Gasteiger partial charge on any atom is -0.388 e. The second-order valence-corrected chi connectivity index (χ2v) is 14.8. The van der Waals surface area contributed by atoms with Gasteiger partial charge in [0.05, 0.1) is 32.0 Å². The number of aromatic nitrogens is 6. The molecule has 7 unspecified atom stereocenters. The number of phosphoric acid groups is 3. The summed E-state index contributed by atoms with van der Waals surface area (Å²) in [5.41, 5.74) is -1.11. The Morgan fingerprint density at radius 2 is 1.61 bits per heavy atom. The molecular formula is C19H25N6O17P3S. The Balaban J connectivity index is 1.14. The molecule has 23 nitrogen and oxygen atoms in total. The molecule has 0 saturated carbocycles. The fourth-order valence-electron chi connectivity index (χ4n) is 4.56. The maximum absolute atomic E-state index is 12.4. The Morgan fingerprint density at radius 3 is 2.28 bits per heavy atom. The summed E-state index contributed by atoms with van der Waals surface area (Å²) in [6, 6.07) is 0.986. The summed E-state index contributed by atoms with van der Waals surface area (Å²) in [5, 5.41) is 31.1. The van der Waals surface area contributed by atoms with Crippen molar-refractivity contribution in [2.45, 2.75) is 49.4 Å². The van der Waals surface area contributed by atoms with Crippen LogP contribution in [0.2, 0.25) is 0 Å². The molecule has 0 amide bonds. The van der Waals surface area contributed by atoms with Crippen molar-refractivity contribution in [2.24, 2.45) is 0 Å². The second kappa shape index (κ2) is 13.3. The van der Waals surface area contributed by atoms with Crippen LogP contribution in [0.5, 0.6) is 0 Å². The summed E-state index contributed by atoms with van der Waals surface area (Å²) in [5.74, 6) is 0. The largest absolute Gasteiger partial charge is 0.490 e. The van der Waals surface area contributed by atoms with Crippen molar-refractivity contribution in [2.75, 3.05) is 13.2 Å². The molecule has 5 rings (SSSR count). The first-order valence-electron chi connectivity index (χ1n) is 12.7. The standard InChI is InChI=1S/C19H25N6O17P3S/c26-9-3-8(39-17(9)24-2-1-11(27)23-19(24)30)4-37-43(31,32)41-45(35,36)42-44(33,34)38-5-10-13(28)14(29)18(40-10)25-7-22-15-12(25)16(46)21-6-20-15/h1-2,6-10,13-14,17-18,26,28-29H,3-5H2,(H,31,32)(H,33,34)(H,35,36)(H,20,21,46)(H,23,27,30)/t8-,9+,10?,13?,14?,17+,18?/m0/s1. The van der Waals surface area contributed by atoms with E-state index in [-0.39, 0.29) is 22.2 Å². The summed E-state index contributed by atoms with van der Waals surface area (Å²) < 4.78 is 67.2. The maximum Gasteiger partial charge on any atom is 0.490 e. The number of rotatable bonds is 12. The fraction of sp³-hybridized carbons (Fsp3) is 0.526. The Hall–Kier alpha value is -2.34. The molecule has 2 aliphatic heterocycles. The van der Waals surface area contributed by atoms with Crippen LogP contribution in [0.15, 0.2) is 34.5 Å². The topological polar surface area (TPSA) is 329 Å². The second-order valence-electron chi connectivity index (χ2n) is 9.73. The predicted octanol–water partition coefficient (Wildman–Crippen LogP) is -1.33. The average Bonchev–Trinajstić information content (AvgIpc) is 3.61. The van der Waals surface area contributed by atoms with Crippen LogP contribution in [0.3, 0.4) is 0 Å². The minimum absolute atomic E-state index is 0.0774. The lowest BCUT2D eigenvalue weighted by Crippen LogP contribution is -2.34. The van der Waals surface area contributed by atoms with Gasteiger partial charge in [-0.3, -0.25) is 28.0 Å². The molecule has 0 bridgehead atoms. The lowest BCUT2D eigenvalue weighted by atomic mass is 10.1. The summed E-state index contributed by atoms with van der Waals surface area (Å²) in [6.07, 6.45) is -6.73. The molecule has 254 valence electrons. The van der Waals surface area contributed by atoms with Crippen molar-refractivity contribution in [1.82, 2.24) is 29.1 Å². The van der Waals surface area contributed by atoms with Crippen molar-refractivity contribution in [3.8, 4) is 0 Å². The molecule has 5 heterocycles. The molecule has 27 heteroatoms. The highest BCUT2D eigenvalue weighted by molar-refractivity contribution is 7.71. The van der Waals surface area contributed by atoms with Gasteiger partial charge >= 0.3 is 29.2 Å². The van der Waals surface area contributed by atoms with E-state index in [1.165, 1.54) is 17.2 Å². The summed E-state index contributed by atoms with van der Waals surface area (Å²) in [7, 11) is -17.0. The van der Waals surface area contributed by atoms with E-state index in [9.17, 15) is 53.3 Å². The number of ether oxygens (including phenoxy) is 2. The van der Waals surface area contributed by atoms with E-state index in [0.717, 1.165) is 16.8 Å². The zero-order valence-electron chi connectivity index (χ0n) is 22.7. The van der Waals surface area contributed by atoms with Gasteiger partial charge in [-0.15, -0.1) is 0 Å². The molecule has 46 heavy (non-hydrogen) atoms. The van der Waals surface area contributed by atoms with Gasteiger partial charge in [0.1, 0.15) is 29.9 Å². The van der Waals surface area contributed by atoms with Crippen LogP contribution in [0.4, 0.5) is 0 Å². The van der Waals surface area contributed by atoms with Crippen LogP contribution < -0.4 is 11.2 Å². The summed E-state index contributed by atoms with van der Waals surface area (Å²) in [4.78, 5) is 65.5. The molecule has 0 aliphatic carbocycles. The first-order chi connectivity index (χ1) is 21.5. The zero-order valence-corrected chi connectivity index (χ0v) is 26.2. The molecule has 3 aromatic heterocycles. The first kappa shape index (κ1) is 35.0. The van der Waals surface area contributed by atoms with Crippen LogP contribution in [-0.4, -0.2) is 103 Å². The van der Waals surface area contributed by atoms with Gasteiger partial charge in [-0.1, -0.05) is 12.2 Å². The van der Waals surface area contributed by atoms with Gasteiger partial charge in [-0.05, 0) is 0 Å². The van der Waals surface area contributed by atoms with E-state index in [4.69, 9.17) is 21.7 Å². The highest BCUT2D eigenvalue weighted by Gasteiger charge is 2.47. The highest BCUT2D eigenvalue weighted by atomic mass is 32.1. The number of nitrogens with one attached hydrogen (secondary N) is 2. The van der Waals surface area contributed by atoms with Gasteiger partial charge in [-0.2, -0.15) is 8.62 Å². The Bertz CT molecular complexity index is 1920. The number of imidazole rings is 1. The summed E-state index contributed by atoms with van der Waals surface area (Å²) in [6.45, 7) is -1.85. The van der Waals surface area contributed by atoms with Crippen molar-refractivity contribution in [3.63, 3.8) is 0 Å². The number of aliphatic hydroxyl groups is 3. The van der Waals surface area contributed by atoms with Gasteiger partial charge in [0.25, 0.3) is 5.56 Å². The van der Waals surface area contributed by atoms with Crippen LogP contribution in [0.1, 0.15) is 18.9 Å². The van der Waals surface area contributed by atoms with Crippen molar-refractivity contribution in [1.29, 1.82) is 0 Å². The molecule has 2 aliphatic rings. The number of H-pyrrole nitrogens is 2. The summed E-state index contributed by atoms with van der Waals surface area (Å²) >= 11 is 5.15. The zero-order chi connectivity index (χ0) is 33.6. The lowest BCUT2D eigenvalue weighted by Gasteiger charge is -2.21. The molecule has 2 fully saturated rings. The number of hydrogen-bond donors (Lipinski definition) is 8. The van der Waals surface area contributed by atoms with Gasteiger partial charge in [-0.25, -0.2) is 28.5 Å². The van der Waals surface area contributed by atoms with Gasteiger partial charge < -0.3 is 44.5 Å². The molecular weight excluding hydrogens is 709 g/mol. The predicted molar refractivity (Wildman–Crippen MR) is 148 cm³/mol. The number of nitrogens with zero attached hydrogens (tertiary/aromatic N) is 4.